The molecule has 2 rings (SSSR count). The smallest absolute Gasteiger partial charge is 0.124 e. The molecule has 1 aromatic rings. The number of phenolic OH excluding ortho intramolecular Hbond substituents is 2. The van der Waals surface area contributed by atoms with Crippen LogP contribution in [0.5, 0.6) is 11.5 Å². The Labute approximate surface area is 127 Å². The van der Waals surface area contributed by atoms with Gasteiger partial charge in [0, 0.05) is 18.6 Å². The Hall–Kier alpha value is -1.26. The van der Waals surface area contributed by atoms with E-state index in [1.807, 2.05) is 0 Å². The summed E-state index contributed by atoms with van der Waals surface area (Å²) in [7, 11) is 0. The molecule has 3 N–H and O–H groups in total. The van der Waals surface area contributed by atoms with Crippen molar-refractivity contribution in [2.24, 2.45) is 5.92 Å². The summed E-state index contributed by atoms with van der Waals surface area (Å²) < 4.78 is 0. The van der Waals surface area contributed by atoms with E-state index in [-0.39, 0.29) is 17.5 Å². The van der Waals surface area contributed by atoms with Crippen LogP contribution in [0.3, 0.4) is 0 Å². The first-order chi connectivity index (χ1) is 9.99. The molecule has 1 aliphatic heterocycles. The Morgan fingerprint density at radius 2 is 1.90 bits per heavy atom. The first kappa shape index (κ1) is 16.1. The predicted molar refractivity (Wildman–Crippen MR) is 85.6 cm³/mol. The highest BCUT2D eigenvalue weighted by atomic mass is 16.3. The van der Waals surface area contributed by atoms with Crippen LogP contribution in [0.2, 0.25) is 0 Å². The van der Waals surface area contributed by atoms with E-state index in [0.717, 1.165) is 19.6 Å². The van der Waals surface area contributed by atoms with E-state index < -0.39 is 0 Å². The number of likely N-dealkylation sites (tertiary alicyclic amines) is 1. The zero-order chi connectivity index (χ0) is 15.4. The highest BCUT2D eigenvalue weighted by molar-refractivity contribution is 5.45. The van der Waals surface area contributed by atoms with Crippen molar-refractivity contribution in [1.29, 1.82) is 0 Å². The molecule has 118 valence electrons. The van der Waals surface area contributed by atoms with Crippen molar-refractivity contribution >= 4 is 0 Å². The number of piperidine rings is 1. The van der Waals surface area contributed by atoms with Crippen LogP contribution in [0.1, 0.15) is 45.2 Å². The maximum absolute atomic E-state index is 10.0. The molecule has 4 heteroatoms. The molecule has 0 spiro atoms. The lowest BCUT2D eigenvalue weighted by Gasteiger charge is -2.37. The Morgan fingerprint density at radius 1 is 1.24 bits per heavy atom. The van der Waals surface area contributed by atoms with Gasteiger partial charge in [0.05, 0.1) is 5.56 Å². The highest BCUT2D eigenvalue weighted by Crippen LogP contribution is 2.37. The molecular weight excluding hydrogens is 264 g/mol. The third kappa shape index (κ3) is 4.11. The van der Waals surface area contributed by atoms with Crippen molar-refractivity contribution in [3.63, 3.8) is 0 Å². The van der Waals surface area contributed by atoms with Gasteiger partial charge in [-0.05, 0) is 50.9 Å². The van der Waals surface area contributed by atoms with Crippen LogP contribution < -0.4 is 5.32 Å². The van der Waals surface area contributed by atoms with Gasteiger partial charge in [-0.25, -0.2) is 0 Å². The fourth-order valence-electron chi connectivity index (χ4n) is 3.17. The summed E-state index contributed by atoms with van der Waals surface area (Å²) >= 11 is 0. The number of benzene rings is 1. The van der Waals surface area contributed by atoms with E-state index in [9.17, 15) is 10.2 Å². The van der Waals surface area contributed by atoms with Gasteiger partial charge in [-0.15, -0.1) is 0 Å². The molecule has 0 radical (unpaired) electrons. The maximum Gasteiger partial charge on any atom is 0.124 e. The quantitative estimate of drug-likeness (QED) is 0.781. The van der Waals surface area contributed by atoms with Crippen molar-refractivity contribution in [2.75, 3.05) is 19.6 Å². The van der Waals surface area contributed by atoms with E-state index in [1.54, 1.807) is 18.2 Å². The summed E-state index contributed by atoms with van der Waals surface area (Å²) in [6.07, 6.45) is 2.42. The minimum atomic E-state index is 0.0352. The normalized spacial score (nSPS) is 21.6. The van der Waals surface area contributed by atoms with Crippen molar-refractivity contribution in [3.05, 3.63) is 23.8 Å². The first-order valence-electron chi connectivity index (χ1n) is 7.97. The Bertz CT molecular complexity index is 442. The molecule has 0 amide bonds. The van der Waals surface area contributed by atoms with Gasteiger partial charge >= 0.3 is 0 Å². The zero-order valence-electron chi connectivity index (χ0n) is 13.3. The average Bonchev–Trinajstić information content (AvgIpc) is 2.45. The number of rotatable bonds is 5. The van der Waals surface area contributed by atoms with Gasteiger partial charge in [0.1, 0.15) is 11.5 Å². The topological polar surface area (TPSA) is 55.7 Å². The van der Waals surface area contributed by atoms with E-state index in [1.165, 1.54) is 12.8 Å². The van der Waals surface area contributed by atoms with Crippen LogP contribution in [0, 0.1) is 5.92 Å². The molecule has 2 atom stereocenters. The third-order valence-electron chi connectivity index (χ3n) is 4.39. The van der Waals surface area contributed by atoms with Crippen LogP contribution in [0.15, 0.2) is 18.2 Å². The molecule has 1 aromatic carbocycles. The van der Waals surface area contributed by atoms with Crippen molar-refractivity contribution < 1.29 is 10.2 Å². The first-order valence-corrected chi connectivity index (χ1v) is 7.97. The number of hydrogen-bond donors (Lipinski definition) is 3. The van der Waals surface area contributed by atoms with Crippen LogP contribution in [0.25, 0.3) is 0 Å². The predicted octanol–water partition coefficient (Wildman–Crippen LogP) is 2.87. The highest BCUT2D eigenvalue weighted by Gasteiger charge is 2.27. The standard InChI is InChI=1S/C17H28N2O2/c1-12(2)18-10-14-6-5-9-19(11-14)13(3)17-15(20)7-4-8-16(17)21/h4,7-8,12-14,18,20-21H,5-6,9-11H2,1-3H3. The van der Waals surface area contributed by atoms with Gasteiger partial charge in [-0.2, -0.15) is 0 Å². The molecule has 2 unspecified atom stereocenters. The van der Waals surface area contributed by atoms with Gasteiger partial charge in [-0.1, -0.05) is 19.9 Å². The Kier molecular flexibility index (Phi) is 5.48. The summed E-state index contributed by atoms with van der Waals surface area (Å²) in [5, 5.41) is 23.6. The molecule has 1 aliphatic rings. The van der Waals surface area contributed by atoms with Crippen LogP contribution in [-0.4, -0.2) is 40.8 Å². The van der Waals surface area contributed by atoms with Crippen LogP contribution in [-0.2, 0) is 0 Å². The van der Waals surface area contributed by atoms with Crippen molar-refractivity contribution in [1.82, 2.24) is 10.2 Å². The number of nitrogens with one attached hydrogen (secondary N) is 1. The molecular formula is C17H28N2O2. The summed E-state index contributed by atoms with van der Waals surface area (Å²) in [4.78, 5) is 2.37. The van der Waals surface area contributed by atoms with E-state index in [0.29, 0.717) is 17.5 Å². The zero-order valence-corrected chi connectivity index (χ0v) is 13.3. The van der Waals surface area contributed by atoms with Crippen molar-refractivity contribution in [2.45, 2.75) is 45.7 Å². The fourth-order valence-corrected chi connectivity index (χ4v) is 3.17. The summed E-state index contributed by atoms with van der Waals surface area (Å²) in [5.74, 6) is 1.01. The number of phenols is 2. The molecule has 1 fully saturated rings. The molecule has 0 bridgehead atoms. The number of hydrogen-bond acceptors (Lipinski definition) is 4. The third-order valence-corrected chi connectivity index (χ3v) is 4.39. The second kappa shape index (κ2) is 7.14. The van der Waals surface area contributed by atoms with Gasteiger partial charge in [0.2, 0.25) is 0 Å². The van der Waals surface area contributed by atoms with Gasteiger partial charge in [0.15, 0.2) is 0 Å². The molecule has 1 saturated heterocycles. The van der Waals surface area contributed by atoms with E-state index in [4.69, 9.17) is 0 Å². The monoisotopic (exact) mass is 292 g/mol. The Balaban J connectivity index is 2.03. The lowest BCUT2D eigenvalue weighted by Crippen LogP contribution is -2.42. The molecule has 0 aromatic heterocycles. The lowest BCUT2D eigenvalue weighted by atomic mass is 9.94. The summed E-state index contributed by atoms with van der Waals surface area (Å²) in [5.41, 5.74) is 0.648. The largest absolute Gasteiger partial charge is 0.507 e. The number of aromatic hydroxyl groups is 2. The molecule has 4 nitrogen and oxygen atoms in total. The number of nitrogens with zero attached hydrogens (tertiary/aromatic N) is 1. The molecule has 1 heterocycles. The fraction of sp³-hybridized carbons (Fsp3) is 0.647. The second-order valence-corrected chi connectivity index (χ2v) is 6.45. The van der Waals surface area contributed by atoms with Crippen LogP contribution >= 0.6 is 0 Å². The lowest BCUT2D eigenvalue weighted by molar-refractivity contribution is 0.126. The summed E-state index contributed by atoms with van der Waals surface area (Å²) in [6, 6.07) is 5.51. The SMILES string of the molecule is CC(C)NCC1CCCN(C(C)c2c(O)cccc2O)C1. The molecule has 0 saturated carbocycles. The maximum atomic E-state index is 10.0. The van der Waals surface area contributed by atoms with Gasteiger partial charge in [-0.3, -0.25) is 4.90 Å². The minimum Gasteiger partial charge on any atom is -0.507 e. The Morgan fingerprint density at radius 3 is 2.52 bits per heavy atom. The van der Waals surface area contributed by atoms with Gasteiger partial charge in [0.25, 0.3) is 0 Å². The minimum absolute atomic E-state index is 0.0352. The van der Waals surface area contributed by atoms with Gasteiger partial charge < -0.3 is 15.5 Å². The average molecular weight is 292 g/mol. The summed E-state index contributed by atoms with van der Waals surface area (Å²) in [6.45, 7) is 9.47. The molecule has 0 aliphatic carbocycles. The molecule has 21 heavy (non-hydrogen) atoms. The van der Waals surface area contributed by atoms with Crippen molar-refractivity contribution in [3.8, 4) is 11.5 Å². The second-order valence-electron chi connectivity index (χ2n) is 6.45. The van der Waals surface area contributed by atoms with Crippen LogP contribution in [0.4, 0.5) is 0 Å². The van der Waals surface area contributed by atoms with E-state index >= 15 is 0 Å². The van der Waals surface area contributed by atoms with E-state index in [2.05, 4.69) is 31.0 Å².